The topological polar surface area (TPSA) is 147 Å². The number of aromatic nitrogens is 1. The smallest absolute Gasteiger partial charge is 0.303 e. The lowest BCUT2D eigenvalue weighted by atomic mass is 9.92. The standard InChI is InChI=1S/C36H53N5O7S/c1-8-24(4)32(39-34(45)29-16-12-13-17-40(29)6)36(46)41(22-47-7)30(23(2)3)19-31(48-25(5)43)35-38-28(21-49-35)33(44)37-27(20-42)18-26-14-10-9-11-15-26/h9-11,14-15,20-21,23-24,27,29-32H,8,12-13,16-19,22H2,1-7H3,(H,37,44)(H,39,45)/t24-,27-,29+,30+,31+,32-/m0/s1. The molecule has 0 unspecified atom stereocenters. The summed E-state index contributed by atoms with van der Waals surface area (Å²) in [6.45, 7) is 9.94. The molecule has 1 aliphatic heterocycles. The van der Waals surface area contributed by atoms with Gasteiger partial charge in [-0.2, -0.15) is 0 Å². The molecule has 12 nitrogen and oxygen atoms in total. The van der Waals surface area contributed by atoms with Gasteiger partial charge in [0, 0.05) is 31.9 Å². The summed E-state index contributed by atoms with van der Waals surface area (Å²) in [4.78, 5) is 73.2. The van der Waals surface area contributed by atoms with Crippen molar-refractivity contribution < 1.29 is 33.4 Å². The number of hydrogen-bond acceptors (Lipinski definition) is 10. The van der Waals surface area contributed by atoms with Gasteiger partial charge in [-0.25, -0.2) is 4.98 Å². The highest BCUT2D eigenvalue weighted by Crippen LogP contribution is 2.31. The molecule has 6 atom stereocenters. The van der Waals surface area contributed by atoms with Crippen LogP contribution in [0.4, 0.5) is 0 Å². The monoisotopic (exact) mass is 699 g/mol. The Morgan fingerprint density at radius 3 is 2.43 bits per heavy atom. The summed E-state index contributed by atoms with van der Waals surface area (Å²) < 4.78 is 11.3. The molecule has 1 aromatic heterocycles. The second kappa shape index (κ2) is 19.5. The maximum Gasteiger partial charge on any atom is 0.303 e. The minimum atomic E-state index is -0.873. The number of ether oxygens (including phenoxy) is 2. The van der Waals surface area contributed by atoms with E-state index in [9.17, 15) is 24.0 Å². The normalized spacial score (nSPS) is 18.1. The Morgan fingerprint density at radius 2 is 1.84 bits per heavy atom. The van der Waals surface area contributed by atoms with Crippen molar-refractivity contribution in [2.75, 3.05) is 27.4 Å². The number of likely N-dealkylation sites (N-methyl/N-ethyl adjacent to an activating group) is 1. The molecule has 3 rings (SSSR count). The molecule has 1 aliphatic rings. The van der Waals surface area contributed by atoms with Gasteiger partial charge in [0.15, 0.2) is 6.10 Å². The molecule has 0 bridgehead atoms. The molecular formula is C36H53N5O7S. The molecule has 270 valence electrons. The Hall–Kier alpha value is -3.68. The zero-order chi connectivity index (χ0) is 36.1. The summed E-state index contributed by atoms with van der Waals surface area (Å²) in [5, 5.41) is 7.75. The molecule has 2 heterocycles. The SMILES string of the molecule is CC[C@H](C)[C@H](NC(=O)[C@H]1CCCCN1C)C(=O)N(COC)[C@H](C[C@@H](OC(C)=O)c1nc(C(=O)N[C@H](C=O)Cc2ccccc2)cs1)C(C)C. The van der Waals surface area contributed by atoms with E-state index in [4.69, 9.17) is 9.47 Å². The van der Waals surface area contributed by atoms with Crippen molar-refractivity contribution in [1.29, 1.82) is 0 Å². The quantitative estimate of drug-likeness (QED) is 0.133. The molecule has 49 heavy (non-hydrogen) atoms. The highest BCUT2D eigenvalue weighted by Gasteiger charge is 2.39. The summed E-state index contributed by atoms with van der Waals surface area (Å²) in [5.41, 5.74) is 0.996. The van der Waals surface area contributed by atoms with Crippen LogP contribution >= 0.6 is 11.3 Å². The van der Waals surface area contributed by atoms with Crippen molar-refractivity contribution in [2.24, 2.45) is 11.8 Å². The number of aldehydes is 1. The molecule has 2 aromatic rings. The van der Waals surface area contributed by atoms with Gasteiger partial charge in [0.25, 0.3) is 5.91 Å². The van der Waals surface area contributed by atoms with Crippen LogP contribution in [0, 0.1) is 11.8 Å². The van der Waals surface area contributed by atoms with Crippen LogP contribution in [0.5, 0.6) is 0 Å². The molecule has 0 aliphatic carbocycles. The average Bonchev–Trinajstić information content (AvgIpc) is 3.58. The summed E-state index contributed by atoms with van der Waals surface area (Å²) in [7, 11) is 3.44. The van der Waals surface area contributed by atoms with Crippen LogP contribution in [-0.4, -0.2) is 96.4 Å². The number of nitrogens with one attached hydrogen (secondary N) is 2. The van der Waals surface area contributed by atoms with E-state index in [1.165, 1.54) is 14.0 Å². The van der Waals surface area contributed by atoms with Crippen LogP contribution < -0.4 is 10.6 Å². The summed E-state index contributed by atoms with van der Waals surface area (Å²) >= 11 is 1.16. The lowest BCUT2D eigenvalue weighted by Gasteiger charge is -2.39. The van der Waals surface area contributed by atoms with Gasteiger partial charge in [0.1, 0.15) is 29.8 Å². The first-order valence-corrected chi connectivity index (χ1v) is 18.0. The highest BCUT2D eigenvalue weighted by molar-refractivity contribution is 7.09. The minimum Gasteiger partial charge on any atom is -0.455 e. The number of methoxy groups -OCH3 is 1. The zero-order valence-corrected chi connectivity index (χ0v) is 30.7. The van der Waals surface area contributed by atoms with E-state index in [0.29, 0.717) is 24.1 Å². The number of carbonyl (C=O) groups excluding carboxylic acids is 5. The van der Waals surface area contributed by atoms with Crippen molar-refractivity contribution in [3.63, 3.8) is 0 Å². The van der Waals surface area contributed by atoms with E-state index in [1.54, 1.807) is 10.3 Å². The highest BCUT2D eigenvalue weighted by atomic mass is 32.1. The van der Waals surface area contributed by atoms with E-state index < -0.39 is 36.1 Å². The second-order valence-electron chi connectivity index (χ2n) is 13.2. The van der Waals surface area contributed by atoms with Gasteiger partial charge in [-0.1, -0.05) is 70.9 Å². The van der Waals surface area contributed by atoms with Gasteiger partial charge in [0.05, 0.1) is 12.1 Å². The Balaban J connectivity index is 1.84. The number of esters is 1. The van der Waals surface area contributed by atoms with Crippen molar-refractivity contribution in [3.05, 3.63) is 52.0 Å². The van der Waals surface area contributed by atoms with Crippen LogP contribution in [0.15, 0.2) is 35.7 Å². The Kier molecular flexibility index (Phi) is 15.8. The number of likely N-dealkylation sites (tertiary alicyclic amines) is 1. The second-order valence-corrected chi connectivity index (χ2v) is 14.1. The predicted octanol–water partition coefficient (Wildman–Crippen LogP) is 4.15. The molecule has 0 saturated carbocycles. The van der Waals surface area contributed by atoms with Crippen LogP contribution in [0.25, 0.3) is 0 Å². The first kappa shape index (κ1) is 39.8. The molecule has 1 aromatic carbocycles. The first-order chi connectivity index (χ1) is 23.4. The fourth-order valence-corrected chi connectivity index (χ4v) is 6.98. The van der Waals surface area contributed by atoms with Crippen LogP contribution in [0.1, 0.15) is 93.9 Å². The van der Waals surface area contributed by atoms with Crippen molar-refractivity contribution in [1.82, 2.24) is 25.4 Å². The molecule has 0 radical (unpaired) electrons. The van der Waals surface area contributed by atoms with Crippen molar-refractivity contribution in [3.8, 4) is 0 Å². The van der Waals surface area contributed by atoms with Gasteiger partial charge >= 0.3 is 5.97 Å². The Bertz CT molecular complexity index is 1390. The molecule has 3 amide bonds. The van der Waals surface area contributed by atoms with E-state index in [0.717, 1.165) is 42.7 Å². The molecule has 1 fully saturated rings. The Morgan fingerprint density at radius 1 is 1.12 bits per heavy atom. The summed E-state index contributed by atoms with van der Waals surface area (Å²) in [6.07, 6.45) is 3.73. The number of hydrogen-bond donors (Lipinski definition) is 2. The molecule has 13 heteroatoms. The number of thiazole rings is 1. The molecular weight excluding hydrogens is 646 g/mol. The fraction of sp³-hybridized carbons (Fsp3) is 0.611. The third kappa shape index (κ3) is 11.4. The Labute approximate surface area is 294 Å². The average molecular weight is 700 g/mol. The van der Waals surface area contributed by atoms with Gasteiger partial charge in [-0.05, 0) is 50.3 Å². The lowest BCUT2D eigenvalue weighted by Crippen LogP contribution is -2.59. The lowest BCUT2D eigenvalue weighted by molar-refractivity contribution is -0.152. The van der Waals surface area contributed by atoms with E-state index >= 15 is 0 Å². The van der Waals surface area contributed by atoms with E-state index in [2.05, 4.69) is 15.6 Å². The summed E-state index contributed by atoms with van der Waals surface area (Å²) in [5.74, 6) is -1.76. The molecule has 0 spiro atoms. The zero-order valence-electron chi connectivity index (χ0n) is 29.8. The third-order valence-corrected chi connectivity index (χ3v) is 10.1. The number of amides is 3. The summed E-state index contributed by atoms with van der Waals surface area (Å²) in [6, 6.07) is 7.05. The van der Waals surface area contributed by atoms with Gasteiger partial charge < -0.3 is 29.8 Å². The number of rotatable bonds is 18. The van der Waals surface area contributed by atoms with Crippen LogP contribution in [-0.2, 0) is 35.1 Å². The van der Waals surface area contributed by atoms with Gasteiger partial charge in [0.2, 0.25) is 11.8 Å². The fourth-order valence-electron chi connectivity index (χ4n) is 6.14. The molecule has 1 saturated heterocycles. The van der Waals surface area contributed by atoms with Crippen LogP contribution in [0.3, 0.4) is 0 Å². The number of carbonyl (C=O) groups is 5. The minimum absolute atomic E-state index is 0.0410. The number of piperidine rings is 1. The van der Waals surface area contributed by atoms with Gasteiger partial charge in [-0.3, -0.25) is 24.1 Å². The largest absolute Gasteiger partial charge is 0.455 e. The predicted molar refractivity (Wildman–Crippen MR) is 188 cm³/mol. The maximum atomic E-state index is 14.4. The van der Waals surface area contributed by atoms with E-state index in [-0.39, 0.29) is 48.5 Å². The third-order valence-electron chi connectivity index (χ3n) is 9.14. The van der Waals surface area contributed by atoms with Crippen molar-refractivity contribution >= 4 is 41.3 Å². The van der Waals surface area contributed by atoms with Crippen LogP contribution in [0.2, 0.25) is 0 Å². The van der Waals surface area contributed by atoms with Gasteiger partial charge in [-0.15, -0.1) is 11.3 Å². The van der Waals surface area contributed by atoms with Crippen molar-refractivity contribution in [2.45, 2.75) is 103 Å². The first-order valence-electron chi connectivity index (χ1n) is 17.1. The number of nitrogens with zero attached hydrogens (tertiary/aromatic N) is 3. The number of benzene rings is 1. The van der Waals surface area contributed by atoms with E-state index in [1.807, 2.05) is 70.0 Å². The maximum absolute atomic E-state index is 14.4. The molecule has 2 N–H and O–H groups in total.